The molecule has 0 radical (unpaired) electrons. The first-order chi connectivity index (χ1) is 11.6. The molecular formula is C20H24N2OS. The lowest BCUT2D eigenvalue weighted by Gasteiger charge is -2.27. The number of thiocarbonyl (C=S) groups is 1. The average Bonchev–Trinajstić information content (AvgIpc) is 2.55. The summed E-state index contributed by atoms with van der Waals surface area (Å²) in [6.07, 6.45) is 3.61. The van der Waals surface area contributed by atoms with Gasteiger partial charge < -0.3 is 15.4 Å². The number of hydrogen-bond acceptors (Lipinski definition) is 2. The highest BCUT2D eigenvalue weighted by Crippen LogP contribution is 2.29. The van der Waals surface area contributed by atoms with Crippen LogP contribution in [0.25, 0.3) is 0 Å². The van der Waals surface area contributed by atoms with Gasteiger partial charge in [0.1, 0.15) is 5.75 Å². The van der Waals surface area contributed by atoms with Crippen molar-refractivity contribution in [2.75, 3.05) is 5.32 Å². The van der Waals surface area contributed by atoms with Gasteiger partial charge in [0, 0.05) is 11.8 Å². The van der Waals surface area contributed by atoms with Crippen molar-refractivity contribution >= 4 is 23.0 Å². The second-order valence-corrected chi connectivity index (χ2v) is 6.84. The lowest BCUT2D eigenvalue weighted by atomic mass is 9.88. The molecule has 0 spiro atoms. The van der Waals surface area contributed by atoms with Gasteiger partial charge in [-0.2, -0.15) is 0 Å². The van der Waals surface area contributed by atoms with Crippen LogP contribution in [0.4, 0.5) is 5.69 Å². The van der Waals surface area contributed by atoms with Crippen LogP contribution in [0.5, 0.6) is 5.75 Å². The summed E-state index contributed by atoms with van der Waals surface area (Å²) < 4.78 is 5.73. The van der Waals surface area contributed by atoms with Gasteiger partial charge in [0.05, 0.1) is 12.1 Å². The molecule has 1 unspecified atom stereocenters. The first-order valence-electron chi connectivity index (χ1n) is 8.54. The number of fused-ring (bicyclic) bond motifs is 1. The molecule has 0 amide bonds. The van der Waals surface area contributed by atoms with Crippen molar-refractivity contribution in [3.8, 4) is 5.75 Å². The Morgan fingerprint density at radius 3 is 2.83 bits per heavy atom. The fourth-order valence-corrected chi connectivity index (χ4v) is 3.41. The number of hydrogen-bond donors (Lipinski definition) is 2. The average molecular weight is 340 g/mol. The summed E-state index contributed by atoms with van der Waals surface area (Å²) in [5, 5.41) is 7.39. The van der Waals surface area contributed by atoms with Gasteiger partial charge >= 0.3 is 0 Å². The summed E-state index contributed by atoms with van der Waals surface area (Å²) in [6, 6.07) is 16.8. The number of anilines is 1. The van der Waals surface area contributed by atoms with Crippen LogP contribution in [-0.4, -0.2) is 11.2 Å². The van der Waals surface area contributed by atoms with Crippen LogP contribution in [0.3, 0.4) is 0 Å². The largest absolute Gasteiger partial charge is 0.491 e. The van der Waals surface area contributed by atoms with Crippen molar-refractivity contribution in [1.82, 2.24) is 5.32 Å². The minimum Gasteiger partial charge on any atom is -0.491 e. The molecule has 0 fully saturated rings. The molecule has 2 N–H and O–H groups in total. The number of aryl methyl sites for hydroxylation is 1. The molecule has 2 aromatic rings. The van der Waals surface area contributed by atoms with Crippen LogP contribution in [0, 0.1) is 0 Å². The summed E-state index contributed by atoms with van der Waals surface area (Å²) in [4.78, 5) is 0. The summed E-state index contributed by atoms with van der Waals surface area (Å²) in [5.41, 5.74) is 3.73. The quantitative estimate of drug-likeness (QED) is 0.781. The fraction of sp³-hybridized carbons (Fsp3) is 0.350. The Morgan fingerprint density at radius 2 is 2.00 bits per heavy atom. The molecule has 1 atom stereocenters. The summed E-state index contributed by atoms with van der Waals surface area (Å²) in [7, 11) is 0. The van der Waals surface area contributed by atoms with Crippen LogP contribution in [0.1, 0.15) is 43.9 Å². The maximum Gasteiger partial charge on any atom is 0.171 e. The number of ether oxygens (including phenoxy) is 1. The molecule has 0 bridgehead atoms. The zero-order chi connectivity index (χ0) is 16.9. The van der Waals surface area contributed by atoms with E-state index in [2.05, 4.69) is 34.9 Å². The van der Waals surface area contributed by atoms with E-state index in [1.807, 2.05) is 38.1 Å². The Bertz CT molecular complexity index is 714. The van der Waals surface area contributed by atoms with Gasteiger partial charge in [0.15, 0.2) is 5.11 Å². The monoisotopic (exact) mass is 340 g/mol. The van der Waals surface area contributed by atoms with E-state index in [0.717, 1.165) is 24.3 Å². The molecule has 24 heavy (non-hydrogen) atoms. The topological polar surface area (TPSA) is 33.3 Å². The molecule has 0 saturated heterocycles. The third kappa shape index (κ3) is 4.26. The van der Waals surface area contributed by atoms with Crippen molar-refractivity contribution < 1.29 is 4.74 Å². The van der Waals surface area contributed by atoms with E-state index in [-0.39, 0.29) is 12.1 Å². The lowest BCUT2D eigenvalue weighted by Crippen LogP contribution is -2.34. The molecule has 0 heterocycles. The maximum absolute atomic E-state index is 5.73. The predicted octanol–water partition coefficient (Wildman–Crippen LogP) is 4.84. The molecule has 0 aromatic heterocycles. The third-order valence-electron chi connectivity index (χ3n) is 4.14. The van der Waals surface area contributed by atoms with Gasteiger partial charge in [-0.3, -0.25) is 0 Å². The molecule has 126 valence electrons. The molecule has 1 aliphatic rings. The van der Waals surface area contributed by atoms with Crippen molar-refractivity contribution in [2.45, 2.75) is 45.3 Å². The van der Waals surface area contributed by atoms with Crippen molar-refractivity contribution in [1.29, 1.82) is 0 Å². The van der Waals surface area contributed by atoms with Gasteiger partial charge in [-0.1, -0.05) is 30.3 Å². The van der Waals surface area contributed by atoms with Gasteiger partial charge in [0.2, 0.25) is 0 Å². The van der Waals surface area contributed by atoms with E-state index in [4.69, 9.17) is 17.0 Å². The number of nitrogens with one attached hydrogen (secondary N) is 2. The van der Waals surface area contributed by atoms with E-state index in [1.54, 1.807) is 0 Å². The van der Waals surface area contributed by atoms with Crippen LogP contribution in [0.2, 0.25) is 0 Å². The minimum atomic E-state index is 0.157. The molecule has 2 aromatic carbocycles. The van der Waals surface area contributed by atoms with E-state index in [1.165, 1.54) is 17.5 Å². The van der Waals surface area contributed by atoms with Gasteiger partial charge in [0.25, 0.3) is 0 Å². The number of rotatable bonds is 4. The van der Waals surface area contributed by atoms with Crippen LogP contribution < -0.4 is 15.4 Å². The first-order valence-corrected chi connectivity index (χ1v) is 8.94. The highest BCUT2D eigenvalue weighted by molar-refractivity contribution is 7.80. The fourth-order valence-electron chi connectivity index (χ4n) is 3.15. The number of benzene rings is 2. The maximum atomic E-state index is 5.73. The van der Waals surface area contributed by atoms with Gasteiger partial charge in [-0.25, -0.2) is 0 Å². The highest BCUT2D eigenvalue weighted by Gasteiger charge is 2.20. The summed E-state index contributed by atoms with van der Waals surface area (Å²) in [6.45, 7) is 4.04. The van der Waals surface area contributed by atoms with Crippen LogP contribution in [-0.2, 0) is 6.42 Å². The molecule has 0 saturated carbocycles. The lowest BCUT2D eigenvalue weighted by molar-refractivity contribution is 0.242. The Morgan fingerprint density at radius 1 is 1.17 bits per heavy atom. The van der Waals surface area contributed by atoms with Crippen LogP contribution in [0.15, 0.2) is 48.5 Å². The van der Waals surface area contributed by atoms with Crippen molar-refractivity contribution in [3.63, 3.8) is 0 Å². The Kier molecular flexibility index (Phi) is 5.36. The summed E-state index contributed by atoms with van der Waals surface area (Å²) in [5.74, 6) is 0.848. The molecule has 0 aliphatic heterocycles. The molecule has 4 heteroatoms. The first kappa shape index (κ1) is 16.8. The zero-order valence-electron chi connectivity index (χ0n) is 14.2. The van der Waals surface area contributed by atoms with Crippen molar-refractivity contribution in [3.05, 3.63) is 59.7 Å². The minimum absolute atomic E-state index is 0.157. The molecule has 1 aliphatic carbocycles. The standard InChI is InChI=1S/C20H24N2OS/c1-14(2)23-17-10-6-9-16(13-17)21-20(24)22-19-12-5-8-15-7-3-4-11-18(15)19/h3-4,6-7,9-11,13-14,19H,5,8,12H2,1-2H3,(H2,21,22,24). The SMILES string of the molecule is CC(C)Oc1cccc(NC(=S)NC2CCCc3ccccc32)c1. The molecule has 3 rings (SSSR count). The van der Waals surface area contributed by atoms with E-state index >= 15 is 0 Å². The van der Waals surface area contributed by atoms with E-state index < -0.39 is 0 Å². The van der Waals surface area contributed by atoms with Gasteiger partial charge in [-0.15, -0.1) is 0 Å². The molecule has 3 nitrogen and oxygen atoms in total. The van der Waals surface area contributed by atoms with Crippen molar-refractivity contribution in [2.24, 2.45) is 0 Å². The smallest absolute Gasteiger partial charge is 0.171 e. The van der Waals surface area contributed by atoms with E-state index in [9.17, 15) is 0 Å². The second-order valence-electron chi connectivity index (χ2n) is 6.44. The van der Waals surface area contributed by atoms with Gasteiger partial charge in [-0.05, 0) is 68.6 Å². The second kappa shape index (κ2) is 7.67. The van der Waals surface area contributed by atoms with Crippen LogP contribution >= 0.6 is 12.2 Å². The third-order valence-corrected chi connectivity index (χ3v) is 4.36. The Balaban J connectivity index is 1.64. The Hall–Kier alpha value is -2.07. The predicted molar refractivity (Wildman–Crippen MR) is 104 cm³/mol. The van der Waals surface area contributed by atoms with E-state index in [0.29, 0.717) is 5.11 Å². The highest BCUT2D eigenvalue weighted by atomic mass is 32.1. The normalized spacial score (nSPS) is 16.4. The Labute approximate surface area is 149 Å². The summed E-state index contributed by atoms with van der Waals surface area (Å²) >= 11 is 5.51. The zero-order valence-corrected chi connectivity index (χ0v) is 15.0. The molecular weight excluding hydrogens is 316 g/mol.